The molecule has 0 aliphatic carbocycles. The third kappa shape index (κ3) is 2.32. The van der Waals surface area contributed by atoms with Crippen LogP contribution in [0.4, 0.5) is 10.9 Å². The topological polar surface area (TPSA) is 68.0 Å². The minimum atomic E-state index is -0.176. The molecular weight excluding hydrogens is 210 g/mol. The number of rotatable bonds is 2. The summed E-state index contributed by atoms with van der Waals surface area (Å²) in [6.45, 7) is 0. The van der Waals surface area contributed by atoms with Crippen LogP contribution >= 0.6 is 11.3 Å². The number of aromatic nitrogens is 1. The Balaban J connectivity index is 2.11. The van der Waals surface area contributed by atoms with Crippen LogP contribution in [-0.4, -0.2) is 10.9 Å². The Hall–Kier alpha value is -1.88. The zero-order chi connectivity index (χ0) is 10.7. The van der Waals surface area contributed by atoms with Crippen molar-refractivity contribution in [2.75, 3.05) is 11.1 Å². The van der Waals surface area contributed by atoms with Crippen LogP contribution in [0.3, 0.4) is 0 Å². The summed E-state index contributed by atoms with van der Waals surface area (Å²) in [6.07, 6.45) is 0. The van der Waals surface area contributed by atoms with Gasteiger partial charge in [-0.15, -0.1) is 11.3 Å². The maximum absolute atomic E-state index is 11.6. The van der Waals surface area contributed by atoms with Gasteiger partial charge in [-0.25, -0.2) is 4.98 Å². The Morgan fingerprint density at radius 1 is 1.33 bits per heavy atom. The molecule has 0 fully saturated rings. The van der Waals surface area contributed by atoms with Crippen LogP contribution in [0.15, 0.2) is 35.7 Å². The van der Waals surface area contributed by atoms with Crippen molar-refractivity contribution in [1.82, 2.24) is 4.98 Å². The molecule has 0 aliphatic heterocycles. The van der Waals surface area contributed by atoms with E-state index in [1.165, 1.54) is 11.3 Å². The highest BCUT2D eigenvalue weighted by molar-refractivity contribution is 7.14. The van der Waals surface area contributed by atoms with Crippen molar-refractivity contribution in [1.29, 1.82) is 0 Å². The van der Waals surface area contributed by atoms with Crippen LogP contribution < -0.4 is 11.1 Å². The van der Waals surface area contributed by atoms with E-state index >= 15 is 0 Å². The van der Waals surface area contributed by atoms with Crippen LogP contribution in [0.2, 0.25) is 0 Å². The number of hydrogen-bond acceptors (Lipinski definition) is 4. The van der Waals surface area contributed by atoms with E-state index in [1.807, 2.05) is 18.2 Å². The predicted molar refractivity (Wildman–Crippen MR) is 60.9 cm³/mol. The van der Waals surface area contributed by atoms with Crippen molar-refractivity contribution in [3.05, 3.63) is 41.3 Å². The number of carbonyl (C=O) groups excluding carboxylic acids is 1. The summed E-state index contributed by atoms with van der Waals surface area (Å²) in [5.74, 6) is 0.244. The maximum atomic E-state index is 11.6. The van der Waals surface area contributed by atoms with Crippen LogP contribution in [0.1, 0.15) is 10.4 Å². The highest BCUT2D eigenvalue weighted by Gasteiger charge is 2.06. The molecule has 0 spiro atoms. The maximum Gasteiger partial charge on any atom is 0.257 e. The van der Waals surface area contributed by atoms with Crippen molar-refractivity contribution in [3.8, 4) is 0 Å². The standard InChI is InChI=1S/C10H9N3OS/c11-8-6-15-10(12-8)13-9(14)7-4-2-1-3-5-7/h1-6H,11H2,(H,12,13,14). The first kappa shape index (κ1) is 9.67. The fraction of sp³-hybridized carbons (Fsp3) is 0. The van der Waals surface area contributed by atoms with E-state index in [4.69, 9.17) is 5.73 Å². The molecule has 0 saturated heterocycles. The van der Waals surface area contributed by atoms with E-state index < -0.39 is 0 Å². The van der Waals surface area contributed by atoms with Crippen LogP contribution in [-0.2, 0) is 0 Å². The van der Waals surface area contributed by atoms with E-state index in [0.717, 1.165) is 0 Å². The molecule has 0 bridgehead atoms. The number of nitrogens with one attached hydrogen (secondary N) is 1. The van der Waals surface area contributed by atoms with Gasteiger partial charge in [0.05, 0.1) is 0 Å². The minimum Gasteiger partial charge on any atom is -0.383 e. The van der Waals surface area contributed by atoms with Crippen molar-refractivity contribution >= 4 is 28.2 Å². The molecule has 0 unspecified atom stereocenters. The number of anilines is 2. The lowest BCUT2D eigenvalue weighted by atomic mass is 10.2. The average Bonchev–Trinajstić information content (AvgIpc) is 2.65. The molecule has 0 atom stereocenters. The lowest BCUT2D eigenvalue weighted by Crippen LogP contribution is -2.11. The normalized spacial score (nSPS) is 9.87. The van der Waals surface area contributed by atoms with Crippen LogP contribution in [0, 0.1) is 0 Å². The zero-order valence-electron chi connectivity index (χ0n) is 7.81. The van der Waals surface area contributed by atoms with Crippen molar-refractivity contribution in [2.45, 2.75) is 0 Å². The van der Waals surface area contributed by atoms with Crippen LogP contribution in [0.5, 0.6) is 0 Å². The van der Waals surface area contributed by atoms with E-state index in [-0.39, 0.29) is 5.91 Å². The monoisotopic (exact) mass is 219 g/mol. The summed E-state index contributed by atoms with van der Waals surface area (Å²) in [6, 6.07) is 8.97. The summed E-state index contributed by atoms with van der Waals surface area (Å²) in [4.78, 5) is 15.6. The molecule has 0 aliphatic rings. The zero-order valence-corrected chi connectivity index (χ0v) is 8.62. The molecule has 15 heavy (non-hydrogen) atoms. The first-order valence-electron chi connectivity index (χ1n) is 4.33. The fourth-order valence-electron chi connectivity index (χ4n) is 1.10. The van der Waals surface area contributed by atoms with Crippen molar-refractivity contribution in [2.24, 2.45) is 0 Å². The highest BCUT2D eigenvalue weighted by Crippen LogP contribution is 2.17. The van der Waals surface area contributed by atoms with Gasteiger partial charge in [0.2, 0.25) is 0 Å². The van der Waals surface area contributed by atoms with Gasteiger partial charge < -0.3 is 5.73 Å². The molecule has 0 saturated carbocycles. The number of benzene rings is 1. The second-order valence-corrected chi connectivity index (χ2v) is 3.76. The highest BCUT2D eigenvalue weighted by atomic mass is 32.1. The number of hydrogen-bond donors (Lipinski definition) is 2. The Morgan fingerprint density at radius 2 is 2.07 bits per heavy atom. The molecule has 5 heteroatoms. The molecule has 1 aromatic carbocycles. The lowest BCUT2D eigenvalue weighted by molar-refractivity contribution is 0.102. The van der Waals surface area contributed by atoms with Gasteiger partial charge >= 0.3 is 0 Å². The molecule has 3 N–H and O–H groups in total. The first-order chi connectivity index (χ1) is 7.25. The summed E-state index contributed by atoms with van der Waals surface area (Å²) in [5, 5.41) is 4.86. The van der Waals surface area contributed by atoms with Crippen LogP contribution in [0.25, 0.3) is 0 Å². The Bertz CT molecular complexity index is 467. The summed E-state index contributed by atoms with van der Waals surface area (Å²) in [7, 11) is 0. The van der Waals surface area contributed by atoms with Crippen molar-refractivity contribution in [3.63, 3.8) is 0 Å². The minimum absolute atomic E-state index is 0.176. The number of nitrogens with two attached hydrogens (primary N) is 1. The molecule has 1 heterocycles. The number of thiazole rings is 1. The Morgan fingerprint density at radius 3 is 2.67 bits per heavy atom. The van der Waals surface area contributed by atoms with E-state index in [0.29, 0.717) is 16.5 Å². The number of amides is 1. The second kappa shape index (κ2) is 4.10. The van der Waals surface area contributed by atoms with Gasteiger partial charge in [0, 0.05) is 10.9 Å². The largest absolute Gasteiger partial charge is 0.383 e. The Kier molecular flexibility index (Phi) is 2.64. The van der Waals surface area contributed by atoms with E-state index in [1.54, 1.807) is 17.5 Å². The first-order valence-corrected chi connectivity index (χ1v) is 5.21. The number of nitrogens with zero attached hydrogens (tertiary/aromatic N) is 1. The van der Waals surface area contributed by atoms with Gasteiger partial charge in [-0.05, 0) is 12.1 Å². The van der Waals surface area contributed by atoms with Gasteiger partial charge in [0.25, 0.3) is 5.91 Å². The summed E-state index contributed by atoms with van der Waals surface area (Å²) >= 11 is 1.30. The van der Waals surface area contributed by atoms with Gasteiger partial charge in [-0.2, -0.15) is 0 Å². The number of carbonyl (C=O) groups is 1. The SMILES string of the molecule is Nc1csc(NC(=O)c2ccccc2)n1. The van der Waals surface area contributed by atoms with E-state index in [9.17, 15) is 4.79 Å². The van der Waals surface area contributed by atoms with Gasteiger partial charge in [0.15, 0.2) is 5.13 Å². The second-order valence-electron chi connectivity index (χ2n) is 2.90. The smallest absolute Gasteiger partial charge is 0.257 e. The average molecular weight is 219 g/mol. The molecule has 2 rings (SSSR count). The molecule has 2 aromatic rings. The van der Waals surface area contributed by atoms with Gasteiger partial charge in [-0.3, -0.25) is 10.1 Å². The molecule has 1 aromatic heterocycles. The third-order valence-corrected chi connectivity index (χ3v) is 2.55. The lowest BCUT2D eigenvalue weighted by Gasteiger charge is -2.00. The quantitative estimate of drug-likeness (QED) is 0.811. The third-order valence-electron chi connectivity index (χ3n) is 1.78. The predicted octanol–water partition coefficient (Wildman–Crippen LogP) is 1.98. The number of nitrogen functional groups attached to an aromatic ring is 1. The summed E-state index contributed by atoms with van der Waals surface area (Å²) < 4.78 is 0. The molecule has 1 amide bonds. The Labute approximate surface area is 90.8 Å². The summed E-state index contributed by atoms with van der Waals surface area (Å²) in [5.41, 5.74) is 6.04. The van der Waals surface area contributed by atoms with Gasteiger partial charge in [0.1, 0.15) is 5.82 Å². The van der Waals surface area contributed by atoms with Crippen molar-refractivity contribution < 1.29 is 4.79 Å². The molecule has 0 radical (unpaired) electrons. The molecule has 76 valence electrons. The fourth-order valence-corrected chi connectivity index (χ4v) is 1.70. The van der Waals surface area contributed by atoms with E-state index in [2.05, 4.69) is 10.3 Å². The molecular formula is C10H9N3OS. The molecule has 4 nitrogen and oxygen atoms in total. The van der Waals surface area contributed by atoms with Gasteiger partial charge in [-0.1, -0.05) is 18.2 Å².